The molecule has 2 N–H and O–H groups in total. The van der Waals surface area contributed by atoms with Gasteiger partial charge in [0, 0.05) is 23.5 Å². The van der Waals surface area contributed by atoms with Crippen LogP contribution in [0.1, 0.15) is 36.1 Å². The van der Waals surface area contributed by atoms with Crippen molar-refractivity contribution in [2.45, 2.75) is 44.4 Å². The molecule has 2 aromatic carbocycles. The Kier molecular flexibility index (Phi) is 5.72. The van der Waals surface area contributed by atoms with Crippen LogP contribution in [0, 0.1) is 13.8 Å². The van der Waals surface area contributed by atoms with Crippen LogP contribution in [-0.4, -0.2) is 24.9 Å². The van der Waals surface area contributed by atoms with Crippen LogP contribution in [0.15, 0.2) is 53.4 Å². The van der Waals surface area contributed by atoms with Gasteiger partial charge in [0.2, 0.25) is 5.95 Å². The van der Waals surface area contributed by atoms with Gasteiger partial charge in [-0.05, 0) is 68.5 Å². The third kappa shape index (κ3) is 4.46. The summed E-state index contributed by atoms with van der Waals surface area (Å²) < 4.78 is 28.6. The van der Waals surface area contributed by atoms with E-state index in [-0.39, 0.29) is 10.8 Å². The second-order valence-electron chi connectivity index (χ2n) is 7.71. The van der Waals surface area contributed by atoms with E-state index in [1.54, 1.807) is 18.2 Å². The maximum atomic E-state index is 13.0. The summed E-state index contributed by atoms with van der Waals surface area (Å²) in [6.45, 7) is 4.89. The van der Waals surface area contributed by atoms with Crippen LogP contribution in [0.25, 0.3) is 11.3 Å². The van der Waals surface area contributed by atoms with E-state index in [1.165, 1.54) is 0 Å². The van der Waals surface area contributed by atoms with Crippen LogP contribution in [0.2, 0.25) is 0 Å². The molecule has 0 atom stereocenters. The maximum absolute atomic E-state index is 13.0. The Morgan fingerprint density at radius 2 is 1.67 bits per heavy atom. The Labute approximate surface area is 177 Å². The molecule has 0 saturated carbocycles. The fraction of sp³-hybridized carbons (Fsp3) is 0.304. The molecule has 1 aliphatic heterocycles. The van der Waals surface area contributed by atoms with Crippen molar-refractivity contribution in [1.29, 1.82) is 0 Å². The summed E-state index contributed by atoms with van der Waals surface area (Å²) in [5, 5.41) is 3.30. The number of aromatic nitrogens is 2. The molecule has 0 saturated heterocycles. The molecule has 0 radical (unpaired) electrons. The van der Waals surface area contributed by atoms with Crippen molar-refractivity contribution in [1.82, 2.24) is 9.97 Å². The van der Waals surface area contributed by atoms with Gasteiger partial charge in [-0.3, -0.25) is 0 Å². The lowest BCUT2D eigenvalue weighted by atomic mass is 9.99. The van der Waals surface area contributed by atoms with E-state index in [1.807, 2.05) is 44.2 Å². The van der Waals surface area contributed by atoms with Crippen molar-refractivity contribution >= 4 is 21.7 Å². The number of anilines is 2. The molecule has 156 valence electrons. The van der Waals surface area contributed by atoms with Crippen molar-refractivity contribution < 1.29 is 8.42 Å². The Hall–Kier alpha value is -2.93. The first kappa shape index (κ1) is 20.3. The fourth-order valence-corrected chi connectivity index (χ4v) is 4.80. The quantitative estimate of drug-likeness (QED) is 0.594. The highest BCUT2D eigenvalue weighted by Crippen LogP contribution is 2.28. The number of fused-ring (bicyclic) bond motifs is 4. The number of nitrogens with zero attached hydrogens (tertiary/aromatic N) is 2. The first-order chi connectivity index (χ1) is 14.4. The average molecular weight is 423 g/mol. The molecular formula is C23H26N4O2S. The molecule has 0 spiro atoms. The molecule has 3 aromatic rings. The molecule has 7 heteroatoms. The third-order valence-electron chi connectivity index (χ3n) is 5.33. The predicted molar refractivity (Wildman–Crippen MR) is 120 cm³/mol. The van der Waals surface area contributed by atoms with Crippen LogP contribution in [0.5, 0.6) is 0 Å². The Bertz CT molecular complexity index is 1160. The summed E-state index contributed by atoms with van der Waals surface area (Å²) in [6.07, 6.45) is 3.84. The van der Waals surface area contributed by atoms with Crippen LogP contribution in [0.4, 0.5) is 11.6 Å². The molecular weight excluding hydrogens is 396 g/mol. The number of nitrogens with one attached hydrogen (secondary N) is 2. The molecule has 4 bridgehead atoms. The SMILES string of the molecule is Cc1cccc(C)c1-c1cc2nc(n1)NS(=O)(=O)c1cccc(c1)NCCCCC2. The summed E-state index contributed by atoms with van der Waals surface area (Å²) in [7, 11) is -3.80. The number of hydrogen-bond acceptors (Lipinski definition) is 5. The summed E-state index contributed by atoms with van der Waals surface area (Å²) in [5.74, 6) is 0.112. The minimum Gasteiger partial charge on any atom is -0.385 e. The first-order valence-electron chi connectivity index (χ1n) is 10.2. The van der Waals surface area contributed by atoms with Crippen LogP contribution in [-0.2, 0) is 16.4 Å². The number of rotatable bonds is 1. The zero-order valence-corrected chi connectivity index (χ0v) is 18.1. The molecule has 1 aliphatic rings. The van der Waals surface area contributed by atoms with Gasteiger partial charge in [-0.15, -0.1) is 0 Å². The maximum Gasteiger partial charge on any atom is 0.264 e. The number of benzene rings is 2. The van der Waals surface area contributed by atoms with Crippen molar-refractivity contribution in [3.63, 3.8) is 0 Å². The monoisotopic (exact) mass is 422 g/mol. The van der Waals surface area contributed by atoms with Gasteiger partial charge < -0.3 is 5.32 Å². The normalized spacial score (nSPS) is 16.1. The fourth-order valence-electron chi connectivity index (χ4n) is 3.81. The summed E-state index contributed by atoms with van der Waals surface area (Å²) in [5.41, 5.74) is 5.60. The molecule has 1 aromatic heterocycles. The summed E-state index contributed by atoms with van der Waals surface area (Å²) >= 11 is 0. The van der Waals surface area contributed by atoms with Crippen molar-refractivity contribution in [2.24, 2.45) is 0 Å². The second-order valence-corrected chi connectivity index (χ2v) is 9.39. The van der Waals surface area contributed by atoms with Crippen molar-refractivity contribution in [3.8, 4) is 11.3 Å². The van der Waals surface area contributed by atoms with E-state index in [9.17, 15) is 8.42 Å². The molecule has 30 heavy (non-hydrogen) atoms. The van der Waals surface area contributed by atoms with Crippen LogP contribution < -0.4 is 10.0 Å². The molecule has 0 unspecified atom stereocenters. The van der Waals surface area contributed by atoms with Gasteiger partial charge in [0.1, 0.15) is 0 Å². The van der Waals surface area contributed by atoms with E-state index < -0.39 is 10.0 Å². The lowest BCUT2D eigenvalue weighted by Gasteiger charge is -2.15. The van der Waals surface area contributed by atoms with Gasteiger partial charge in [0.05, 0.1) is 10.6 Å². The zero-order valence-electron chi connectivity index (χ0n) is 17.3. The van der Waals surface area contributed by atoms with Gasteiger partial charge in [-0.1, -0.05) is 30.7 Å². The number of aryl methyl sites for hydroxylation is 3. The molecule has 2 heterocycles. The lowest BCUT2D eigenvalue weighted by Crippen LogP contribution is -2.16. The highest BCUT2D eigenvalue weighted by Gasteiger charge is 2.19. The van der Waals surface area contributed by atoms with E-state index in [4.69, 9.17) is 0 Å². The molecule has 0 fully saturated rings. The van der Waals surface area contributed by atoms with Gasteiger partial charge in [0.25, 0.3) is 10.0 Å². The molecule has 0 amide bonds. The van der Waals surface area contributed by atoms with Gasteiger partial charge >= 0.3 is 0 Å². The smallest absolute Gasteiger partial charge is 0.264 e. The second kappa shape index (κ2) is 8.44. The number of sulfonamides is 1. The van der Waals surface area contributed by atoms with Crippen LogP contribution in [0.3, 0.4) is 0 Å². The van der Waals surface area contributed by atoms with E-state index >= 15 is 0 Å². The minimum atomic E-state index is -3.80. The average Bonchev–Trinajstić information content (AvgIpc) is 2.70. The zero-order chi connectivity index (χ0) is 21.1. The summed E-state index contributed by atoms with van der Waals surface area (Å²) in [6, 6.07) is 14.9. The Morgan fingerprint density at radius 1 is 0.900 bits per heavy atom. The van der Waals surface area contributed by atoms with Gasteiger partial charge in [-0.25, -0.2) is 23.1 Å². The standard InChI is InChI=1S/C23H26N4O2S/c1-16-8-6-9-17(2)22(16)21-15-19-10-4-3-5-13-24-18-11-7-12-20(14-18)30(28,29)27-23(25-19)26-21/h6-9,11-12,14-15,24H,3-5,10,13H2,1-2H3,(H,25,26,27). The minimum absolute atomic E-state index is 0.112. The largest absolute Gasteiger partial charge is 0.385 e. The van der Waals surface area contributed by atoms with E-state index in [2.05, 4.69) is 20.0 Å². The lowest BCUT2D eigenvalue weighted by molar-refractivity contribution is 0.600. The molecule has 4 rings (SSSR count). The van der Waals surface area contributed by atoms with E-state index in [0.717, 1.165) is 66.0 Å². The third-order valence-corrected chi connectivity index (χ3v) is 6.65. The van der Waals surface area contributed by atoms with Crippen LogP contribution >= 0.6 is 0 Å². The summed E-state index contributed by atoms with van der Waals surface area (Å²) in [4.78, 5) is 9.30. The van der Waals surface area contributed by atoms with E-state index in [0.29, 0.717) is 0 Å². The topological polar surface area (TPSA) is 84.0 Å². The van der Waals surface area contributed by atoms with Gasteiger partial charge in [0.15, 0.2) is 0 Å². The van der Waals surface area contributed by atoms with Gasteiger partial charge in [-0.2, -0.15) is 0 Å². The highest BCUT2D eigenvalue weighted by molar-refractivity contribution is 7.92. The Balaban J connectivity index is 1.81. The predicted octanol–water partition coefficient (Wildman–Crippen LogP) is 4.70. The molecule has 0 aliphatic carbocycles. The first-order valence-corrected chi connectivity index (χ1v) is 11.7. The van der Waals surface area contributed by atoms with Crippen molar-refractivity contribution in [2.75, 3.05) is 16.6 Å². The van der Waals surface area contributed by atoms with Crippen molar-refractivity contribution in [3.05, 3.63) is 65.4 Å². The highest BCUT2D eigenvalue weighted by atomic mass is 32.2. The number of hydrogen-bond donors (Lipinski definition) is 2. The Morgan fingerprint density at radius 3 is 2.47 bits per heavy atom. The molecule has 6 nitrogen and oxygen atoms in total.